The molecule has 59 heavy (non-hydrogen) atoms. The lowest BCUT2D eigenvalue weighted by atomic mass is 9.73. The predicted octanol–water partition coefficient (Wildman–Crippen LogP) is 8.49. The molecule has 1 saturated carbocycles. The molecule has 5 atom stereocenters. The zero-order valence-electron chi connectivity index (χ0n) is 35.2. The monoisotopic (exact) mass is 836 g/mol. The van der Waals surface area contributed by atoms with Crippen molar-refractivity contribution in [2.75, 3.05) is 20.4 Å². The molecule has 12 nitrogen and oxygen atoms in total. The van der Waals surface area contributed by atoms with E-state index in [4.69, 9.17) is 14.5 Å². The predicted molar refractivity (Wildman–Crippen MR) is 235 cm³/mol. The highest BCUT2D eigenvalue weighted by Crippen LogP contribution is 2.41. The van der Waals surface area contributed by atoms with Gasteiger partial charge in [0, 0.05) is 28.3 Å². The Morgan fingerprint density at radius 1 is 0.915 bits per heavy atom. The highest BCUT2D eigenvalue weighted by atomic mass is 32.1. The van der Waals surface area contributed by atoms with Crippen LogP contribution in [0.25, 0.3) is 37.9 Å². The van der Waals surface area contributed by atoms with Crippen LogP contribution in [0.5, 0.6) is 0 Å². The summed E-state index contributed by atoms with van der Waals surface area (Å²) in [5, 5.41) is 11.3. The Morgan fingerprint density at radius 2 is 1.61 bits per heavy atom. The average molecular weight is 837 g/mol. The third-order valence-electron chi connectivity index (χ3n) is 12.0. The number of thiophene rings is 1. The summed E-state index contributed by atoms with van der Waals surface area (Å²) in [7, 11) is 0.862. The maximum atomic E-state index is 14.0. The number of ether oxygens (including phenoxy) is 2. The maximum Gasteiger partial charge on any atom is 0.407 e. The standard InChI is InChI=1S/C45H56N6O6SSi/c1-25(2)38(49-44(54)56-5)41(52)30-12-9-10-13-31(30)42-47-34-19-17-27-22-28(16-18-29(27)40(34)48-42)36-20-21-37(58-36)33-15-11-14-32(46-33)35-23-59(7,8)24-51(35)43(53)39(26(3)4)50-45(55)57-6/h11,15-22,25-26,30-31,35,38-39,46H,9-10,12-13,23-24H2,1-8H3,(H,47,48)(H,49,54)(H,50,55)/t30?,31-,35+,38?,39+/m1/s1. The summed E-state index contributed by atoms with van der Waals surface area (Å²) in [5.41, 5.74) is 8.13. The molecule has 0 bridgehead atoms. The number of alkyl carbamates (subject to hydrolysis) is 2. The number of amides is 3. The van der Waals surface area contributed by atoms with Crippen molar-refractivity contribution in [2.45, 2.75) is 96.6 Å². The zero-order valence-corrected chi connectivity index (χ0v) is 37.0. The Morgan fingerprint density at radius 3 is 2.32 bits per heavy atom. The summed E-state index contributed by atoms with van der Waals surface area (Å²) in [6.45, 7) is 12.3. The fraction of sp³-hybridized carbons (Fsp3) is 0.467. The third-order valence-corrected chi connectivity index (χ3v) is 15.9. The number of hydrogen-bond donors (Lipinski definition) is 4. The molecule has 2 aromatic heterocycles. The van der Waals surface area contributed by atoms with Crippen molar-refractivity contribution in [3.05, 3.63) is 76.7 Å². The molecule has 4 aromatic rings. The molecule has 312 valence electrons. The topological polar surface area (TPSA) is 155 Å². The van der Waals surface area contributed by atoms with Gasteiger partial charge in [0.1, 0.15) is 11.9 Å². The minimum atomic E-state index is -1.76. The lowest BCUT2D eigenvalue weighted by Crippen LogP contribution is -2.53. The van der Waals surface area contributed by atoms with E-state index in [0.29, 0.717) is 6.17 Å². The van der Waals surface area contributed by atoms with Gasteiger partial charge >= 0.3 is 12.2 Å². The van der Waals surface area contributed by atoms with Crippen LogP contribution in [0.4, 0.5) is 9.59 Å². The molecule has 2 aliphatic heterocycles. The van der Waals surface area contributed by atoms with E-state index >= 15 is 0 Å². The van der Waals surface area contributed by atoms with Crippen molar-refractivity contribution < 1.29 is 28.7 Å². The summed E-state index contributed by atoms with van der Waals surface area (Å²) in [5.74, 6) is 0.255. The van der Waals surface area contributed by atoms with Gasteiger partial charge in [0.05, 0.1) is 61.7 Å². The Hall–Kier alpha value is -5.17. The van der Waals surface area contributed by atoms with Gasteiger partial charge in [-0.15, -0.1) is 11.3 Å². The SMILES string of the molecule is COC(=O)NC(C(=O)C1CCCC[C@H]1c1nc2c(ccc3cc(-c4ccc(C5=CC=C=C([C@@H]6C[Si](C)(C)CN6C(=O)[C@@H](NC(=O)OC)C(C)C)N5)s4)ccc32)[nH]1)C(C)C. The summed E-state index contributed by atoms with van der Waals surface area (Å²) >= 11 is 1.70. The highest BCUT2D eigenvalue weighted by molar-refractivity contribution is 7.16. The van der Waals surface area contributed by atoms with Gasteiger partial charge in [-0.1, -0.05) is 77.6 Å². The summed E-state index contributed by atoms with van der Waals surface area (Å²) in [4.78, 5) is 65.1. The molecule has 7 rings (SSSR count). The van der Waals surface area contributed by atoms with E-state index in [0.717, 1.165) is 86.1 Å². The van der Waals surface area contributed by atoms with Gasteiger partial charge in [0.15, 0.2) is 5.78 Å². The summed E-state index contributed by atoms with van der Waals surface area (Å²) in [6.07, 6.45) is 7.03. The number of nitrogens with one attached hydrogen (secondary N) is 4. The number of H-pyrrole nitrogens is 1. The Bertz CT molecular complexity index is 2370. The first-order valence-corrected chi connectivity index (χ1v) is 24.9. The van der Waals surface area contributed by atoms with E-state index in [1.807, 2.05) is 44.7 Å². The van der Waals surface area contributed by atoms with Gasteiger partial charge in [-0.3, -0.25) is 9.59 Å². The van der Waals surface area contributed by atoms with Crippen LogP contribution in [-0.4, -0.2) is 85.3 Å². The van der Waals surface area contributed by atoms with Crippen molar-refractivity contribution in [1.82, 2.24) is 30.8 Å². The molecule has 2 unspecified atom stereocenters. The molecule has 0 spiro atoms. The van der Waals surface area contributed by atoms with Crippen LogP contribution in [0.15, 0.2) is 66.0 Å². The molecule has 2 aromatic carbocycles. The van der Waals surface area contributed by atoms with Crippen LogP contribution >= 0.6 is 11.3 Å². The van der Waals surface area contributed by atoms with E-state index in [1.165, 1.54) is 14.2 Å². The molecule has 14 heteroatoms. The number of methoxy groups -OCH3 is 2. The van der Waals surface area contributed by atoms with Crippen LogP contribution in [0.2, 0.25) is 19.1 Å². The zero-order chi connectivity index (χ0) is 42.2. The maximum absolute atomic E-state index is 14.0. The highest BCUT2D eigenvalue weighted by Gasteiger charge is 2.46. The molecule has 2 fully saturated rings. The smallest absolute Gasteiger partial charge is 0.407 e. The molecular weight excluding hydrogens is 781 g/mol. The van der Waals surface area contributed by atoms with Crippen molar-refractivity contribution in [3.63, 3.8) is 0 Å². The van der Waals surface area contributed by atoms with Crippen molar-refractivity contribution in [3.8, 4) is 10.4 Å². The van der Waals surface area contributed by atoms with Crippen LogP contribution in [-0.2, 0) is 19.1 Å². The van der Waals surface area contributed by atoms with Crippen molar-refractivity contribution >= 4 is 70.8 Å². The number of imidazole rings is 1. The summed E-state index contributed by atoms with van der Waals surface area (Å²) in [6, 6.07) is 14.3. The van der Waals surface area contributed by atoms with Crippen LogP contribution < -0.4 is 16.0 Å². The number of hydrogen-bond acceptors (Lipinski definition) is 9. The quantitative estimate of drug-likeness (QED) is 0.0867. The van der Waals surface area contributed by atoms with E-state index in [1.54, 1.807) is 11.3 Å². The molecule has 1 aliphatic carbocycles. The first kappa shape index (κ1) is 42.0. The first-order chi connectivity index (χ1) is 28.2. The number of aromatic amines is 1. The molecule has 3 aliphatic rings. The number of allylic oxidation sites excluding steroid dienone is 1. The van der Waals surface area contributed by atoms with Gasteiger partial charge in [-0.05, 0) is 78.1 Å². The number of Topliss-reactive ketones (excluding diaryl/α,β-unsaturated/α-hetero) is 1. The summed E-state index contributed by atoms with van der Waals surface area (Å²) < 4.78 is 9.67. The largest absolute Gasteiger partial charge is 0.453 e. The Labute approximate surface area is 350 Å². The Kier molecular flexibility index (Phi) is 12.2. The fourth-order valence-electron chi connectivity index (χ4n) is 8.97. The number of carbonyl (C=O) groups is 4. The molecule has 1 saturated heterocycles. The fourth-order valence-corrected chi connectivity index (χ4v) is 12.8. The number of nitrogens with zero attached hydrogens (tertiary/aromatic N) is 2. The molecule has 4 heterocycles. The van der Waals surface area contributed by atoms with Gasteiger partial charge in [0.2, 0.25) is 5.91 Å². The third kappa shape index (κ3) is 8.76. The second-order valence-electron chi connectivity index (χ2n) is 17.6. The number of ketones is 1. The normalized spacial score (nSPS) is 21.2. The second-order valence-corrected chi connectivity index (χ2v) is 23.7. The minimum absolute atomic E-state index is 0.0360. The van der Waals surface area contributed by atoms with E-state index in [2.05, 4.69) is 82.2 Å². The van der Waals surface area contributed by atoms with Gasteiger partial charge < -0.3 is 35.3 Å². The molecule has 0 radical (unpaired) electrons. The van der Waals surface area contributed by atoms with Crippen LogP contribution in [0.3, 0.4) is 0 Å². The minimum Gasteiger partial charge on any atom is -0.453 e. The van der Waals surface area contributed by atoms with E-state index < -0.39 is 32.3 Å². The average Bonchev–Trinajstić information content (AvgIpc) is 3.98. The van der Waals surface area contributed by atoms with E-state index in [9.17, 15) is 19.2 Å². The molecule has 3 amide bonds. The number of aromatic nitrogens is 2. The van der Waals surface area contributed by atoms with Crippen LogP contribution in [0, 0.1) is 17.8 Å². The first-order valence-electron chi connectivity index (χ1n) is 20.7. The van der Waals surface area contributed by atoms with Crippen molar-refractivity contribution in [1.29, 1.82) is 0 Å². The number of benzene rings is 2. The molecular formula is C45H56N6O6SSi. The Balaban J connectivity index is 1.09. The van der Waals surface area contributed by atoms with Crippen LogP contribution in [0.1, 0.15) is 70.0 Å². The van der Waals surface area contributed by atoms with Gasteiger partial charge in [-0.25, -0.2) is 14.6 Å². The van der Waals surface area contributed by atoms with Gasteiger partial charge in [-0.2, -0.15) is 0 Å². The van der Waals surface area contributed by atoms with E-state index in [-0.39, 0.29) is 41.4 Å². The number of fused-ring (bicyclic) bond motifs is 3. The van der Waals surface area contributed by atoms with Gasteiger partial charge in [0.25, 0.3) is 0 Å². The second kappa shape index (κ2) is 17.2. The lowest BCUT2D eigenvalue weighted by Gasteiger charge is -2.33. The number of rotatable bonds is 11. The number of carbonyl (C=O) groups excluding carboxylic acids is 4. The lowest BCUT2D eigenvalue weighted by molar-refractivity contribution is -0.134. The molecule has 4 N–H and O–H groups in total. The van der Waals surface area contributed by atoms with Crippen molar-refractivity contribution in [2.24, 2.45) is 17.8 Å².